The van der Waals surface area contributed by atoms with E-state index in [1.807, 2.05) is 12.2 Å². The van der Waals surface area contributed by atoms with Crippen molar-refractivity contribution in [2.75, 3.05) is 44.2 Å². The fourth-order valence-corrected chi connectivity index (χ4v) is 4.99. The Balaban J connectivity index is 1.32. The molecule has 0 N–H and O–H groups in total. The second kappa shape index (κ2) is 6.83. The van der Waals surface area contributed by atoms with E-state index in [0.717, 1.165) is 0 Å². The summed E-state index contributed by atoms with van der Waals surface area (Å²) in [6.45, 7) is 5.79. The van der Waals surface area contributed by atoms with Crippen LogP contribution in [0, 0.1) is 18.8 Å². The molecule has 1 spiro atoms. The van der Waals surface area contributed by atoms with Gasteiger partial charge in [0.15, 0.2) is 5.82 Å². The van der Waals surface area contributed by atoms with Crippen molar-refractivity contribution in [2.24, 2.45) is 11.8 Å². The minimum Gasteiger partial charge on any atom is -0.450 e. The highest BCUT2D eigenvalue weighted by atomic mass is 16.6. The summed E-state index contributed by atoms with van der Waals surface area (Å²) in [5.74, 6) is -0.379. The van der Waals surface area contributed by atoms with E-state index < -0.39 is 23.5 Å². The number of carbonyl (C=O) groups is 3. The van der Waals surface area contributed by atoms with Crippen molar-refractivity contribution in [3.63, 3.8) is 0 Å². The molecule has 3 amide bonds. The number of anilines is 1. The van der Waals surface area contributed by atoms with E-state index in [2.05, 4.69) is 5.16 Å². The Bertz CT molecular complexity index is 920. The average molecular weight is 416 g/mol. The number of piperazine rings is 1. The fourth-order valence-electron chi connectivity index (χ4n) is 4.99. The first-order valence-corrected chi connectivity index (χ1v) is 10.3. The van der Waals surface area contributed by atoms with Crippen LogP contribution >= 0.6 is 0 Å². The zero-order chi connectivity index (χ0) is 21.0. The monoisotopic (exact) mass is 416 g/mol. The van der Waals surface area contributed by atoms with E-state index in [9.17, 15) is 14.4 Å². The van der Waals surface area contributed by atoms with E-state index in [-0.39, 0.29) is 17.9 Å². The third kappa shape index (κ3) is 2.73. The van der Waals surface area contributed by atoms with Crippen molar-refractivity contribution in [3.05, 3.63) is 24.0 Å². The highest BCUT2D eigenvalue weighted by molar-refractivity contribution is 6.02. The SMILES string of the molecule is CCOC(=O)N1CCN(C(=O)[C@H]2[C@H]3C(=O)N(c4cc(C)on4)C[C@@]34C=C[C@H]2O4)CC1. The molecule has 3 fully saturated rings. The first kappa shape index (κ1) is 19.1. The Labute approximate surface area is 173 Å². The fraction of sp³-hybridized carbons (Fsp3) is 0.600. The molecule has 4 aliphatic rings. The molecule has 3 saturated heterocycles. The maximum absolute atomic E-state index is 13.4. The summed E-state index contributed by atoms with van der Waals surface area (Å²) < 4.78 is 16.3. The highest BCUT2D eigenvalue weighted by Gasteiger charge is 2.67. The van der Waals surface area contributed by atoms with E-state index in [1.165, 1.54) is 0 Å². The predicted molar refractivity (Wildman–Crippen MR) is 102 cm³/mol. The molecule has 0 radical (unpaired) electrons. The average Bonchev–Trinajstić information content (AvgIpc) is 3.49. The number of aryl methyl sites for hydroxylation is 1. The molecule has 5 heterocycles. The van der Waals surface area contributed by atoms with E-state index in [0.29, 0.717) is 50.9 Å². The summed E-state index contributed by atoms with van der Waals surface area (Å²) in [5.41, 5.74) is -0.804. The van der Waals surface area contributed by atoms with Gasteiger partial charge in [0.25, 0.3) is 0 Å². The van der Waals surface area contributed by atoms with E-state index in [1.54, 1.807) is 34.6 Å². The normalized spacial score (nSPS) is 32.1. The Morgan fingerprint density at radius 2 is 2.00 bits per heavy atom. The molecule has 30 heavy (non-hydrogen) atoms. The number of amides is 3. The van der Waals surface area contributed by atoms with Crippen LogP contribution in [-0.2, 0) is 19.1 Å². The number of nitrogens with zero attached hydrogens (tertiary/aromatic N) is 4. The van der Waals surface area contributed by atoms with Crippen LogP contribution in [0.15, 0.2) is 22.7 Å². The number of hydrogen-bond acceptors (Lipinski definition) is 7. The van der Waals surface area contributed by atoms with Gasteiger partial charge >= 0.3 is 6.09 Å². The van der Waals surface area contributed by atoms with Crippen molar-refractivity contribution >= 4 is 23.7 Å². The van der Waals surface area contributed by atoms with Gasteiger partial charge in [-0.3, -0.25) is 14.5 Å². The van der Waals surface area contributed by atoms with Gasteiger partial charge in [-0.15, -0.1) is 0 Å². The summed E-state index contributed by atoms with van der Waals surface area (Å²) in [6.07, 6.45) is 3.03. The number of aromatic nitrogens is 1. The summed E-state index contributed by atoms with van der Waals surface area (Å²) in [4.78, 5) is 43.5. The first-order chi connectivity index (χ1) is 14.4. The smallest absolute Gasteiger partial charge is 0.409 e. The first-order valence-electron chi connectivity index (χ1n) is 10.3. The van der Waals surface area contributed by atoms with Crippen molar-refractivity contribution in [3.8, 4) is 0 Å². The molecule has 1 aromatic heterocycles. The van der Waals surface area contributed by atoms with Gasteiger partial charge in [-0.1, -0.05) is 17.3 Å². The van der Waals surface area contributed by atoms with Crippen LogP contribution in [0.2, 0.25) is 0 Å². The Hall–Kier alpha value is -2.88. The summed E-state index contributed by atoms with van der Waals surface area (Å²) in [6, 6.07) is 1.71. The van der Waals surface area contributed by atoms with E-state index >= 15 is 0 Å². The minimum absolute atomic E-state index is 0.105. The molecule has 0 saturated carbocycles. The van der Waals surface area contributed by atoms with Gasteiger partial charge in [0, 0.05) is 32.2 Å². The van der Waals surface area contributed by atoms with Crippen molar-refractivity contribution in [1.29, 1.82) is 0 Å². The maximum Gasteiger partial charge on any atom is 0.409 e. The molecule has 4 aliphatic heterocycles. The van der Waals surface area contributed by atoms with Crippen LogP contribution in [0.25, 0.3) is 0 Å². The molecule has 1 aromatic rings. The van der Waals surface area contributed by atoms with Crippen molar-refractivity contribution < 1.29 is 28.4 Å². The zero-order valence-electron chi connectivity index (χ0n) is 16.9. The molecule has 4 atom stereocenters. The van der Waals surface area contributed by atoms with Crippen LogP contribution < -0.4 is 4.90 Å². The van der Waals surface area contributed by atoms with Crippen LogP contribution in [-0.4, -0.2) is 83.9 Å². The molecule has 0 aromatic carbocycles. The third-order valence-electron chi connectivity index (χ3n) is 6.39. The quantitative estimate of drug-likeness (QED) is 0.664. The number of ether oxygens (including phenoxy) is 2. The molecule has 160 valence electrons. The molecule has 0 unspecified atom stereocenters. The lowest BCUT2D eigenvalue weighted by Crippen LogP contribution is -2.54. The topological polar surface area (TPSA) is 105 Å². The van der Waals surface area contributed by atoms with Gasteiger partial charge < -0.3 is 23.8 Å². The third-order valence-corrected chi connectivity index (χ3v) is 6.39. The highest BCUT2D eigenvalue weighted by Crippen LogP contribution is 2.53. The van der Waals surface area contributed by atoms with Gasteiger partial charge in [-0.25, -0.2) is 4.79 Å². The van der Waals surface area contributed by atoms with E-state index in [4.69, 9.17) is 14.0 Å². The van der Waals surface area contributed by atoms with Crippen LogP contribution in [0.1, 0.15) is 12.7 Å². The summed E-state index contributed by atoms with van der Waals surface area (Å²) >= 11 is 0. The second-order valence-corrected chi connectivity index (χ2v) is 8.13. The number of rotatable bonds is 3. The van der Waals surface area contributed by atoms with Crippen LogP contribution in [0.5, 0.6) is 0 Å². The van der Waals surface area contributed by atoms with Crippen LogP contribution in [0.4, 0.5) is 10.6 Å². The predicted octanol–water partition coefficient (Wildman–Crippen LogP) is 0.570. The zero-order valence-corrected chi connectivity index (χ0v) is 16.9. The van der Waals surface area contributed by atoms with Crippen LogP contribution in [0.3, 0.4) is 0 Å². The molecule has 5 rings (SSSR count). The maximum atomic E-state index is 13.4. The summed E-state index contributed by atoms with van der Waals surface area (Å²) in [7, 11) is 0. The van der Waals surface area contributed by atoms with Gasteiger partial charge in [0.2, 0.25) is 11.8 Å². The van der Waals surface area contributed by atoms with Gasteiger partial charge in [-0.05, 0) is 13.8 Å². The second-order valence-electron chi connectivity index (χ2n) is 8.13. The molecule has 10 heteroatoms. The number of carbonyl (C=O) groups excluding carboxylic acids is 3. The van der Waals surface area contributed by atoms with Crippen molar-refractivity contribution in [1.82, 2.24) is 15.0 Å². The Morgan fingerprint density at radius 3 is 2.67 bits per heavy atom. The lowest BCUT2D eigenvalue weighted by Gasteiger charge is -2.36. The summed E-state index contributed by atoms with van der Waals surface area (Å²) in [5, 5.41) is 3.96. The molecular weight excluding hydrogens is 392 g/mol. The molecule has 2 bridgehead atoms. The standard InChI is InChI=1S/C20H24N4O6/c1-3-28-19(27)23-8-6-22(7-9-23)17(25)15-13-4-5-20(29-13)11-24(18(26)16(15)20)14-10-12(2)30-21-14/h4-5,10,13,15-16H,3,6-9,11H2,1-2H3/t13-,15-,16+,20+/m1/s1. The van der Waals surface area contributed by atoms with Gasteiger partial charge in [0.1, 0.15) is 11.4 Å². The number of hydrogen-bond donors (Lipinski definition) is 0. The molecular formula is C20H24N4O6. The number of fused-ring (bicyclic) bond motifs is 1. The van der Waals surface area contributed by atoms with Gasteiger partial charge in [-0.2, -0.15) is 0 Å². The Kier molecular flexibility index (Phi) is 4.35. The lowest BCUT2D eigenvalue weighted by atomic mass is 9.76. The molecule has 10 nitrogen and oxygen atoms in total. The van der Waals surface area contributed by atoms with Gasteiger partial charge in [0.05, 0.1) is 31.1 Å². The Morgan fingerprint density at radius 1 is 1.27 bits per heavy atom. The lowest BCUT2D eigenvalue weighted by molar-refractivity contribution is -0.141. The largest absolute Gasteiger partial charge is 0.450 e. The minimum atomic E-state index is -0.804. The molecule has 0 aliphatic carbocycles. The van der Waals surface area contributed by atoms with Crippen molar-refractivity contribution in [2.45, 2.75) is 25.6 Å².